The highest BCUT2D eigenvalue weighted by Crippen LogP contribution is 2.24. The van der Waals surface area contributed by atoms with Gasteiger partial charge in [0.2, 0.25) is 0 Å². The van der Waals surface area contributed by atoms with E-state index in [4.69, 9.17) is 5.73 Å². The maximum absolute atomic E-state index is 5.91. The summed E-state index contributed by atoms with van der Waals surface area (Å²) in [5, 5.41) is 4.39. The SMILES string of the molecule is NC[C@@H](c1ccsc1)N1CCCCCC1. The molecule has 3 heteroatoms. The van der Waals surface area contributed by atoms with Crippen molar-refractivity contribution in [1.82, 2.24) is 4.90 Å². The van der Waals surface area contributed by atoms with Crippen molar-refractivity contribution in [2.45, 2.75) is 31.7 Å². The lowest BCUT2D eigenvalue weighted by Crippen LogP contribution is -2.34. The fourth-order valence-corrected chi connectivity index (χ4v) is 3.07. The van der Waals surface area contributed by atoms with E-state index in [1.54, 1.807) is 11.3 Å². The predicted molar refractivity (Wildman–Crippen MR) is 66.2 cm³/mol. The van der Waals surface area contributed by atoms with Crippen LogP contribution in [0.3, 0.4) is 0 Å². The van der Waals surface area contributed by atoms with Crippen LogP contribution < -0.4 is 5.73 Å². The lowest BCUT2D eigenvalue weighted by Gasteiger charge is -2.29. The summed E-state index contributed by atoms with van der Waals surface area (Å²) in [5.41, 5.74) is 7.32. The van der Waals surface area contributed by atoms with E-state index in [0.29, 0.717) is 6.04 Å². The lowest BCUT2D eigenvalue weighted by atomic mass is 10.1. The van der Waals surface area contributed by atoms with Gasteiger partial charge in [-0.3, -0.25) is 4.90 Å². The van der Waals surface area contributed by atoms with Crippen molar-refractivity contribution in [1.29, 1.82) is 0 Å². The summed E-state index contributed by atoms with van der Waals surface area (Å²) in [6.45, 7) is 3.19. The maximum atomic E-state index is 5.91. The first kappa shape index (κ1) is 11.1. The zero-order valence-corrected chi connectivity index (χ0v) is 10.0. The van der Waals surface area contributed by atoms with Gasteiger partial charge in [-0.1, -0.05) is 12.8 Å². The van der Waals surface area contributed by atoms with Crippen LogP contribution in [-0.2, 0) is 0 Å². The van der Waals surface area contributed by atoms with Crippen LogP contribution in [-0.4, -0.2) is 24.5 Å². The van der Waals surface area contributed by atoms with Gasteiger partial charge in [-0.2, -0.15) is 11.3 Å². The highest BCUT2D eigenvalue weighted by molar-refractivity contribution is 7.07. The Morgan fingerprint density at radius 1 is 1.27 bits per heavy atom. The van der Waals surface area contributed by atoms with Gasteiger partial charge in [0.25, 0.3) is 0 Å². The normalized spacial score (nSPS) is 21.1. The minimum Gasteiger partial charge on any atom is -0.329 e. The van der Waals surface area contributed by atoms with E-state index in [1.165, 1.54) is 44.3 Å². The largest absolute Gasteiger partial charge is 0.329 e. The molecule has 15 heavy (non-hydrogen) atoms. The Morgan fingerprint density at radius 3 is 2.53 bits per heavy atom. The monoisotopic (exact) mass is 224 g/mol. The molecule has 0 radical (unpaired) electrons. The molecule has 2 nitrogen and oxygen atoms in total. The highest BCUT2D eigenvalue weighted by atomic mass is 32.1. The summed E-state index contributed by atoms with van der Waals surface area (Å²) in [5.74, 6) is 0. The Morgan fingerprint density at radius 2 is 2.00 bits per heavy atom. The number of likely N-dealkylation sites (tertiary alicyclic amines) is 1. The molecule has 1 atom stereocenters. The molecule has 0 amide bonds. The van der Waals surface area contributed by atoms with Crippen LogP contribution in [0.4, 0.5) is 0 Å². The van der Waals surface area contributed by atoms with Crippen LogP contribution in [0, 0.1) is 0 Å². The Labute approximate surface area is 96.1 Å². The van der Waals surface area contributed by atoms with Gasteiger partial charge >= 0.3 is 0 Å². The van der Waals surface area contributed by atoms with Crippen LogP contribution in [0.2, 0.25) is 0 Å². The zero-order chi connectivity index (χ0) is 10.5. The molecule has 0 bridgehead atoms. The summed E-state index contributed by atoms with van der Waals surface area (Å²) in [6.07, 6.45) is 5.44. The van der Waals surface area contributed by atoms with E-state index in [2.05, 4.69) is 21.7 Å². The topological polar surface area (TPSA) is 29.3 Å². The molecule has 2 heterocycles. The van der Waals surface area contributed by atoms with Crippen molar-refractivity contribution >= 4 is 11.3 Å². The fourth-order valence-electron chi connectivity index (χ4n) is 2.37. The number of nitrogens with two attached hydrogens (primary N) is 1. The van der Waals surface area contributed by atoms with Crippen LogP contribution >= 0.6 is 11.3 Å². The van der Waals surface area contributed by atoms with Crippen molar-refractivity contribution in [2.75, 3.05) is 19.6 Å². The van der Waals surface area contributed by atoms with Gasteiger partial charge in [-0.25, -0.2) is 0 Å². The highest BCUT2D eigenvalue weighted by Gasteiger charge is 2.19. The third kappa shape index (κ3) is 2.80. The molecular formula is C12H20N2S. The minimum absolute atomic E-state index is 0.453. The van der Waals surface area contributed by atoms with Crippen LogP contribution in [0.5, 0.6) is 0 Å². The lowest BCUT2D eigenvalue weighted by molar-refractivity contribution is 0.210. The number of thiophene rings is 1. The van der Waals surface area contributed by atoms with Gasteiger partial charge in [-0.15, -0.1) is 0 Å². The van der Waals surface area contributed by atoms with Crippen molar-refractivity contribution in [3.8, 4) is 0 Å². The van der Waals surface area contributed by atoms with E-state index >= 15 is 0 Å². The van der Waals surface area contributed by atoms with Crippen molar-refractivity contribution in [3.05, 3.63) is 22.4 Å². The molecular weight excluding hydrogens is 204 g/mol. The Bertz CT molecular complexity index is 263. The number of nitrogens with zero attached hydrogens (tertiary/aromatic N) is 1. The third-order valence-electron chi connectivity index (χ3n) is 3.23. The Balaban J connectivity index is 2.04. The standard InChI is InChI=1S/C12H20N2S/c13-9-12(11-5-8-15-10-11)14-6-3-1-2-4-7-14/h5,8,10,12H,1-4,6-7,9,13H2/t12-/m0/s1. The molecule has 2 N–H and O–H groups in total. The van der Waals surface area contributed by atoms with Gasteiger partial charge in [0.1, 0.15) is 0 Å². The first-order valence-electron chi connectivity index (χ1n) is 5.88. The average molecular weight is 224 g/mol. The van der Waals surface area contributed by atoms with E-state index in [9.17, 15) is 0 Å². The second-order valence-corrected chi connectivity index (χ2v) is 5.04. The third-order valence-corrected chi connectivity index (χ3v) is 3.93. The van der Waals surface area contributed by atoms with Crippen molar-refractivity contribution < 1.29 is 0 Å². The summed E-state index contributed by atoms with van der Waals surface area (Å²) < 4.78 is 0. The second-order valence-electron chi connectivity index (χ2n) is 4.26. The smallest absolute Gasteiger partial charge is 0.0478 e. The molecule has 1 aromatic rings. The molecule has 1 aliphatic rings. The molecule has 84 valence electrons. The van der Waals surface area contributed by atoms with Crippen molar-refractivity contribution in [3.63, 3.8) is 0 Å². The maximum Gasteiger partial charge on any atom is 0.0478 e. The van der Waals surface area contributed by atoms with Gasteiger partial charge in [0.05, 0.1) is 0 Å². The summed E-state index contributed by atoms with van der Waals surface area (Å²) in [7, 11) is 0. The molecule has 1 fully saturated rings. The van der Waals surface area contributed by atoms with Gasteiger partial charge in [0, 0.05) is 12.6 Å². The molecule has 0 aliphatic carbocycles. The quantitative estimate of drug-likeness (QED) is 0.855. The molecule has 0 spiro atoms. The summed E-state index contributed by atoms with van der Waals surface area (Å²) in [6, 6.07) is 2.67. The van der Waals surface area contributed by atoms with Gasteiger partial charge in [0.15, 0.2) is 0 Å². The average Bonchev–Trinajstić information content (AvgIpc) is 2.63. The van der Waals surface area contributed by atoms with Gasteiger partial charge in [-0.05, 0) is 48.3 Å². The number of hydrogen-bond donors (Lipinski definition) is 1. The molecule has 0 unspecified atom stereocenters. The van der Waals surface area contributed by atoms with E-state index in [-0.39, 0.29) is 0 Å². The van der Waals surface area contributed by atoms with E-state index in [0.717, 1.165) is 6.54 Å². The Kier molecular flexibility index (Phi) is 4.18. The molecule has 0 aromatic carbocycles. The first-order valence-corrected chi connectivity index (χ1v) is 6.82. The number of hydrogen-bond acceptors (Lipinski definition) is 3. The van der Waals surface area contributed by atoms with Gasteiger partial charge < -0.3 is 5.73 Å². The molecule has 1 saturated heterocycles. The molecule has 1 aliphatic heterocycles. The van der Waals surface area contributed by atoms with Crippen LogP contribution in [0.25, 0.3) is 0 Å². The first-order chi connectivity index (χ1) is 7.42. The minimum atomic E-state index is 0.453. The molecule has 2 rings (SSSR count). The predicted octanol–water partition coefficient (Wildman–Crippen LogP) is 2.62. The Hall–Kier alpha value is -0.380. The van der Waals surface area contributed by atoms with Crippen LogP contribution in [0.15, 0.2) is 16.8 Å². The van der Waals surface area contributed by atoms with E-state index in [1.807, 2.05) is 0 Å². The zero-order valence-electron chi connectivity index (χ0n) is 9.19. The van der Waals surface area contributed by atoms with Crippen LogP contribution in [0.1, 0.15) is 37.3 Å². The number of rotatable bonds is 3. The summed E-state index contributed by atoms with van der Waals surface area (Å²) >= 11 is 1.77. The molecule has 0 saturated carbocycles. The van der Waals surface area contributed by atoms with E-state index < -0.39 is 0 Å². The fraction of sp³-hybridized carbons (Fsp3) is 0.667. The van der Waals surface area contributed by atoms with Crippen molar-refractivity contribution in [2.24, 2.45) is 5.73 Å². The summed E-state index contributed by atoms with van der Waals surface area (Å²) in [4.78, 5) is 2.56. The molecule has 1 aromatic heterocycles. The second kappa shape index (κ2) is 5.64.